The van der Waals surface area contributed by atoms with Crippen molar-refractivity contribution in [1.82, 2.24) is 10.3 Å². The van der Waals surface area contributed by atoms with Crippen LogP contribution in [-0.4, -0.2) is 46.9 Å². The SMILES string of the molecule is CC(C)(C)S(=O)(=O)CC(=O)NC(Cc1c[nH]c2ccccc12)C(=O)O. The number of para-hydroxylation sites is 1. The van der Waals surface area contributed by atoms with Gasteiger partial charge in [-0.2, -0.15) is 0 Å². The zero-order valence-corrected chi connectivity index (χ0v) is 15.2. The van der Waals surface area contributed by atoms with E-state index in [1.165, 1.54) is 20.8 Å². The summed E-state index contributed by atoms with van der Waals surface area (Å²) in [4.78, 5) is 26.6. The lowest BCUT2D eigenvalue weighted by molar-refractivity contribution is -0.141. The van der Waals surface area contributed by atoms with Gasteiger partial charge in [0.25, 0.3) is 0 Å². The monoisotopic (exact) mass is 366 g/mol. The molecule has 0 saturated heterocycles. The number of carbonyl (C=O) groups excluding carboxylic acids is 1. The number of aromatic nitrogens is 1. The molecule has 2 rings (SSSR count). The van der Waals surface area contributed by atoms with Gasteiger partial charge in [0.2, 0.25) is 5.91 Å². The summed E-state index contributed by atoms with van der Waals surface area (Å²) in [7, 11) is -3.68. The van der Waals surface area contributed by atoms with Crippen LogP contribution in [0.4, 0.5) is 0 Å². The molecule has 2 aromatic rings. The topological polar surface area (TPSA) is 116 Å². The first-order valence-corrected chi connectivity index (χ1v) is 9.46. The van der Waals surface area contributed by atoms with E-state index in [0.717, 1.165) is 16.5 Å². The Bertz CT molecular complexity index is 893. The predicted octanol–water partition coefficient (Wildman–Crippen LogP) is 1.49. The third-order valence-corrected chi connectivity index (χ3v) is 6.49. The summed E-state index contributed by atoms with van der Waals surface area (Å²) in [6.45, 7) is 4.49. The molecule has 0 fully saturated rings. The second-order valence-corrected chi connectivity index (χ2v) is 9.64. The van der Waals surface area contributed by atoms with E-state index in [4.69, 9.17) is 0 Å². The van der Waals surface area contributed by atoms with Crippen molar-refractivity contribution in [2.75, 3.05) is 5.75 Å². The summed E-state index contributed by atoms with van der Waals surface area (Å²) in [5, 5.41) is 12.6. The maximum Gasteiger partial charge on any atom is 0.326 e. The van der Waals surface area contributed by atoms with Gasteiger partial charge in [0.05, 0.1) is 4.75 Å². The van der Waals surface area contributed by atoms with Crippen molar-refractivity contribution in [3.05, 3.63) is 36.0 Å². The normalized spacial score (nSPS) is 13.6. The average molecular weight is 366 g/mol. The first kappa shape index (κ1) is 19.0. The molecule has 136 valence electrons. The molecule has 1 aromatic carbocycles. The van der Waals surface area contributed by atoms with Gasteiger partial charge in [-0.3, -0.25) is 4.79 Å². The summed E-state index contributed by atoms with van der Waals surface area (Å²) < 4.78 is 23.1. The van der Waals surface area contributed by atoms with E-state index >= 15 is 0 Å². The minimum Gasteiger partial charge on any atom is -0.480 e. The molecular weight excluding hydrogens is 344 g/mol. The molecule has 3 N–H and O–H groups in total. The molecule has 1 aromatic heterocycles. The number of benzene rings is 1. The molecule has 8 heteroatoms. The zero-order valence-electron chi connectivity index (χ0n) is 14.4. The minimum absolute atomic E-state index is 0.0562. The Balaban J connectivity index is 2.14. The molecular formula is C17H22N2O5S. The van der Waals surface area contributed by atoms with E-state index in [-0.39, 0.29) is 6.42 Å². The number of hydrogen-bond donors (Lipinski definition) is 3. The number of H-pyrrole nitrogens is 1. The summed E-state index contributed by atoms with van der Waals surface area (Å²) in [6, 6.07) is 6.21. The fraction of sp³-hybridized carbons (Fsp3) is 0.412. The van der Waals surface area contributed by atoms with Crippen molar-refractivity contribution in [3.8, 4) is 0 Å². The summed E-state index contributed by atoms with van der Waals surface area (Å²) >= 11 is 0. The van der Waals surface area contributed by atoms with Crippen molar-refractivity contribution < 1.29 is 23.1 Å². The Labute approximate surface area is 146 Å². The summed E-state index contributed by atoms with van der Waals surface area (Å²) in [6.07, 6.45) is 1.75. The van der Waals surface area contributed by atoms with Gasteiger partial charge in [0.1, 0.15) is 11.8 Å². The third-order valence-electron chi connectivity index (χ3n) is 3.99. The van der Waals surface area contributed by atoms with Crippen LogP contribution in [0.1, 0.15) is 26.3 Å². The Morgan fingerprint density at radius 2 is 1.88 bits per heavy atom. The van der Waals surface area contributed by atoms with Gasteiger partial charge in [-0.1, -0.05) is 18.2 Å². The summed E-state index contributed by atoms with van der Waals surface area (Å²) in [5.74, 6) is -2.78. The van der Waals surface area contributed by atoms with E-state index in [1.54, 1.807) is 6.20 Å². The molecule has 0 aliphatic heterocycles. The smallest absolute Gasteiger partial charge is 0.326 e. The number of fused-ring (bicyclic) bond motifs is 1. The van der Waals surface area contributed by atoms with E-state index in [0.29, 0.717) is 0 Å². The number of aliphatic carboxylic acids is 1. The number of carbonyl (C=O) groups is 2. The molecule has 0 spiro atoms. The van der Waals surface area contributed by atoms with Crippen LogP contribution in [0, 0.1) is 0 Å². The van der Waals surface area contributed by atoms with Gasteiger partial charge < -0.3 is 15.4 Å². The van der Waals surface area contributed by atoms with Crippen LogP contribution in [0.3, 0.4) is 0 Å². The van der Waals surface area contributed by atoms with Crippen molar-refractivity contribution in [1.29, 1.82) is 0 Å². The molecule has 1 atom stereocenters. The highest BCUT2D eigenvalue weighted by atomic mass is 32.2. The number of carboxylic acids is 1. The maximum atomic E-state index is 12.1. The van der Waals surface area contributed by atoms with Gasteiger partial charge in [0.15, 0.2) is 9.84 Å². The van der Waals surface area contributed by atoms with Crippen LogP contribution in [-0.2, 0) is 25.8 Å². The molecule has 7 nitrogen and oxygen atoms in total. The van der Waals surface area contributed by atoms with Crippen LogP contribution in [0.5, 0.6) is 0 Å². The number of amides is 1. The third kappa shape index (κ3) is 4.39. The Kier molecular flexibility index (Phi) is 5.22. The fourth-order valence-corrected chi connectivity index (χ4v) is 3.21. The molecule has 1 unspecified atom stereocenters. The van der Waals surface area contributed by atoms with Gasteiger partial charge >= 0.3 is 5.97 Å². The lowest BCUT2D eigenvalue weighted by Crippen LogP contribution is -2.46. The van der Waals surface area contributed by atoms with Crippen molar-refractivity contribution in [2.24, 2.45) is 0 Å². The lowest BCUT2D eigenvalue weighted by atomic mass is 10.1. The van der Waals surface area contributed by atoms with Gasteiger partial charge in [-0.05, 0) is 32.4 Å². The van der Waals surface area contributed by atoms with E-state index in [2.05, 4.69) is 10.3 Å². The van der Waals surface area contributed by atoms with Crippen LogP contribution in [0.15, 0.2) is 30.5 Å². The fourth-order valence-electron chi connectivity index (χ4n) is 2.35. The van der Waals surface area contributed by atoms with Gasteiger partial charge in [0, 0.05) is 23.5 Å². The Morgan fingerprint density at radius 1 is 1.24 bits per heavy atom. The minimum atomic E-state index is -3.68. The number of carboxylic acid groups (broad SMARTS) is 1. The molecule has 0 radical (unpaired) electrons. The Hall–Kier alpha value is -2.35. The standard InChI is InChI=1S/C17H22N2O5S/c1-17(2,3)25(23,24)10-15(20)19-14(16(21)22)8-11-9-18-13-7-5-4-6-12(11)13/h4-7,9,14,18H,8,10H2,1-3H3,(H,19,20)(H,21,22). The second-order valence-electron chi connectivity index (χ2n) is 6.89. The summed E-state index contributed by atoms with van der Waals surface area (Å²) in [5.41, 5.74) is 1.60. The van der Waals surface area contributed by atoms with Crippen molar-refractivity contribution in [3.63, 3.8) is 0 Å². The molecule has 0 aliphatic rings. The number of sulfone groups is 1. The second kappa shape index (κ2) is 6.87. The average Bonchev–Trinajstić information content (AvgIpc) is 2.88. The van der Waals surface area contributed by atoms with Crippen LogP contribution in [0.25, 0.3) is 10.9 Å². The molecule has 1 heterocycles. The lowest BCUT2D eigenvalue weighted by Gasteiger charge is -2.20. The number of hydrogen-bond acceptors (Lipinski definition) is 4. The van der Waals surface area contributed by atoms with Crippen molar-refractivity contribution in [2.45, 2.75) is 38.0 Å². The quantitative estimate of drug-likeness (QED) is 0.716. The van der Waals surface area contributed by atoms with E-state index in [1.807, 2.05) is 24.3 Å². The number of nitrogens with one attached hydrogen (secondary N) is 2. The first-order valence-electron chi connectivity index (χ1n) is 7.81. The molecule has 1 amide bonds. The zero-order chi connectivity index (χ0) is 18.8. The van der Waals surface area contributed by atoms with Crippen LogP contribution in [0.2, 0.25) is 0 Å². The highest BCUT2D eigenvalue weighted by Crippen LogP contribution is 2.19. The van der Waals surface area contributed by atoms with E-state index in [9.17, 15) is 23.1 Å². The number of aromatic amines is 1. The Morgan fingerprint density at radius 3 is 2.48 bits per heavy atom. The number of rotatable bonds is 6. The predicted molar refractivity (Wildman–Crippen MR) is 95.1 cm³/mol. The van der Waals surface area contributed by atoms with Crippen LogP contribution < -0.4 is 5.32 Å². The highest BCUT2D eigenvalue weighted by Gasteiger charge is 2.32. The van der Waals surface area contributed by atoms with Crippen molar-refractivity contribution >= 4 is 32.6 Å². The highest BCUT2D eigenvalue weighted by molar-refractivity contribution is 7.93. The molecule has 0 saturated carbocycles. The molecule has 25 heavy (non-hydrogen) atoms. The van der Waals surface area contributed by atoms with Gasteiger partial charge in [-0.25, -0.2) is 13.2 Å². The first-order chi connectivity index (χ1) is 11.5. The maximum absolute atomic E-state index is 12.1. The molecule has 0 aliphatic carbocycles. The van der Waals surface area contributed by atoms with E-state index < -0.39 is 38.3 Å². The van der Waals surface area contributed by atoms with Gasteiger partial charge in [-0.15, -0.1) is 0 Å². The molecule has 0 bridgehead atoms. The van der Waals surface area contributed by atoms with Crippen LogP contribution >= 0.6 is 0 Å². The largest absolute Gasteiger partial charge is 0.480 e.